The Labute approximate surface area is 863 Å². The second kappa shape index (κ2) is 48.1. The van der Waals surface area contributed by atoms with E-state index in [1.165, 1.54) is 134 Å². The van der Waals surface area contributed by atoms with E-state index in [0.717, 1.165) is 240 Å². The van der Waals surface area contributed by atoms with Gasteiger partial charge in [0.1, 0.15) is 5.78 Å². The van der Waals surface area contributed by atoms with Crippen LogP contribution in [0.15, 0.2) is 206 Å². The Morgan fingerprint density at radius 2 is 0.628 bits per heavy atom. The van der Waals surface area contributed by atoms with Crippen LogP contribution in [0.3, 0.4) is 0 Å². The van der Waals surface area contributed by atoms with Crippen molar-refractivity contribution in [2.24, 2.45) is 11.8 Å². The molecule has 1 saturated heterocycles. The molecule has 26 rings (SSSR count). The summed E-state index contributed by atoms with van der Waals surface area (Å²) in [5.41, 5.74) is 14.5. The van der Waals surface area contributed by atoms with E-state index in [-0.39, 0.29) is 45.2 Å². The summed E-state index contributed by atoms with van der Waals surface area (Å²) in [6.07, 6.45) is 23.6. The van der Waals surface area contributed by atoms with E-state index in [2.05, 4.69) is 139 Å². The maximum Gasteiger partial charge on any atom is 0.237 e. The molecule has 148 heavy (non-hydrogen) atoms. The normalized spacial score (nSPS) is 20.8. The summed E-state index contributed by atoms with van der Waals surface area (Å²) in [6, 6.07) is 71.4. The maximum atomic E-state index is 13.3. The quantitative estimate of drug-likeness (QED) is 0.0228. The Balaban J connectivity index is 0.000000105. The molecule has 0 radical (unpaired) electrons. The minimum Gasteiger partial charge on any atom is -0.454 e. The second-order valence-corrected chi connectivity index (χ2v) is 40.4. The van der Waals surface area contributed by atoms with E-state index in [0.29, 0.717) is 96.6 Å². The Morgan fingerprint density at radius 1 is 0.291 bits per heavy atom. The van der Waals surface area contributed by atoms with Gasteiger partial charge in [0.25, 0.3) is 0 Å². The zero-order chi connectivity index (χ0) is 99.5. The Hall–Kier alpha value is -13.7. The lowest BCUT2D eigenvalue weighted by Gasteiger charge is -2.36. The fraction of sp³-hybridized carbons (Fsp3) is 0.424. The number of Topliss-reactive ketones (excluding diaryl/α,β-unsaturated/α-hetero) is 1. The van der Waals surface area contributed by atoms with Crippen LogP contribution in [0.5, 0.6) is 115 Å². The number of ketones is 1. The van der Waals surface area contributed by atoms with Gasteiger partial charge in [-0.15, -0.1) is 0 Å². The number of hydrogen-bond acceptors (Lipinski definition) is 29. The minimum absolute atomic E-state index is 0.000525. The molecule has 3 saturated carbocycles. The predicted molar refractivity (Wildman–Crippen MR) is 552 cm³/mol. The lowest BCUT2D eigenvalue weighted by molar-refractivity contribution is -0.127. The van der Waals surface area contributed by atoms with E-state index in [4.69, 9.17) is 94.7 Å². The average Bonchev–Trinajstić information content (AvgIpc) is 1.21. The van der Waals surface area contributed by atoms with E-state index >= 15 is 0 Å². The average molecular weight is 2010 g/mol. The smallest absolute Gasteiger partial charge is 0.237 e. The van der Waals surface area contributed by atoms with Gasteiger partial charge in [0.2, 0.25) is 73.8 Å². The topological polar surface area (TPSA) is 297 Å². The van der Waals surface area contributed by atoms with Crippen LogP contribution in [-0.2, 0) is 87.6 Å². The van der Waals surface area contributed by atoms with Crippen molar-refractivity contribution in [2.75, 3.05) is 87.6 Å². The largest absolute Gasteiger partial charge is 0.454 e. The van der Waals surface area contributed by atoms with Gasteiger partial charge < -0.3 is 127 Å². The number of likely N-dealkylation sites (tertiary alicyclic amines) is 1. The zero-order valence-corrected chi connectivity index (χ0v) is 83.8. The van der Waals surface area contributed by atoms with Crippen LogP contribution < -0.4 is 127 Å². The summed E-state index contributed by atoms with van der Waals surface area (Å²) in [4.78, 5) is 30.8. The molecule has 4 fully saturated rings. The van der Waals surface area contributed by atoms with Crippen molar-refractivity contribution in [3.8, 4) is 115 Å². The molecule has 6 N–H and O–H groups in total. The Morgan fingerprint density at radius 3 is 1.05 bits per heavy atom. The molecule has 12 aliphatic heterocycles. The van der Waals surface area contributed by atoms with E-state index < -0.39 is 0 Å². The summed E-state index contributed by atoms with van der Waals surface area (Å²) >= 11 is 0. The van der Waals surface area contributed by atoms with Crippen LogP contribution in [-0.4, -0.2) is 145 Å². The Kier molecular flexibility index (Phi) is 32.1. The number of nitrogens with zero attached hydrogens (tertiary/aromatic N) is 2. The number of fused-ring (bicyclic) bond motifs is 11. The molecule has 30 nitrogen and oxygen atoms in total. The monoisotopic (exact) mass is 2010 g/mol. The molecule has 0 bridgehead atoms. The molecule has 6 atom stereocenters. The predicted octanol–water partition coefficient (Wildman–Crippen LogP) is 18.5. The van der Waals surface area contributed by atoms with Gasteiger partial charge in [-0.1, -0.05) is 117 Å². The van der Waals surface area contributed by atoms with Gasteiger partial charge in [0.15, 0.2) is 115 Å². The summed E-state index contributed by atoms with van der Waals surface area (Å²) in [5, 5.41) is 21.7. The number of benzene rings is 11. The van der Waals surface area contributed by atoms with Gasteiger partial charge >= 0.3 is 0 Å². The fourth-order valence-corrected chi connectivity index (χ4v) is 22.4. The van der Waals surface area contributed by atoms with Crippen molar-refractivity contribution in [1.82, 2.24) is 41.7 Å². The highest BCUT2D eigenvalue weighted by atomic mass is 16.7. The third-order valence-corrected chi connectivity index (χ3v) is 30.4. The van der Waals surface area contributed by atoms with E-state index in [1.54, 1.807) is 0 Å². The van der Waals surface area contributed by atoms with Crippen LogP contribution in [0.4, 0.5) is 0 Å². The van der Waals surface area contributed by atoms with Crippen molar-refractivity contribution in [1.29, 1.82) is 0 Å². The second-order valence-electron chi connectivity index (χ2n) is 40.4. The molecule has 776 valence electrons. The molecular formula is C118H132N8O22. The van der Waals surface area contributed by atoms with E-state index in [9.17, 15) is 9.59 Å². The fourth-order valence-electron chi connectivity index (χ4n) is 22.4. The van der Waals surface area contributed by atoms with Gasteiger partial charge in [-0.2, -0.15) is 0 Å². The molecule has 0 spiro atoms. The van der Waals surface area contributed by atoms with Gasteiger partial charge in [0.05, 0.1) is 12.1 Å². The maximum absolute atomic E-state index is 13.3. The summed E-state index contributed by atoms with van der Waals surface area (Å²) in [5.74, 6) is 18.5. The van der Waals surface area contributed by atoms with Gasteiger partial charge in [-0.25, -0.2) is 0 Å². The SMILES string of the molecule is O=C(CCc1ccc2c(c1)OCO2)C1CCCN1Cc1ccc2c(c1)OCO2.O=C(NCCc1ccc2c(c1)OCO2)C1Cc2ccccc2CN1Cc1ccc2c(c1)OCO2.c1cc2c(cc1CCCC1CCCC(CNCc3ccc4c(c3)OCO4)C1)OCO2.c1cc2c(cc1CNC1CCC(NCc3ccc4c(c3)OCO4)CC1)OCO2.c1cc2c(cc1CN[C@H]1CCCC[C@@H]1NCc1ccc3c(c1)OCO3)OCO2. The first-order chi connectivity index (χ1) is 73.0. The van der Waals surface area contributed by atoms with Crippen molar-refractivity contribution >= 4 is 11.7 Å². The molecule has 1 amide bonds. The molecule has 11 aromatic carbocycles. The number of carbonyl (C=O) groups excluding carboxylic acids is 2. The first kappa shape index (κ1) is 98.9. The highest BCUT2D eigenvalue weighted by molar-refractivity contribution is 5.85. The first-order valence-corrected chi connectivity index (χ1v) is 52.9. The number of rotatable bonds is 32. The molecule has 4 unspecified atom stereocenters. The van der Waals surface area contributed by atoms with Crippen LogP contribution >= 0.6 is 0 Å². The number of amides is 1. The number of carbonyl (C=O) groups is 2. The molecular weight excluding hydrogens is 1880 g/mol. The van der Waals surface area contributed by atoms with E-state index in [1.807, 2.05) is 109 Å². The van der Waals surface area contributed by atoms with Crippen molar-refractivity contribution in [3.05, 3.63) is 273 Å². The molecule has 11 aromatic rings. The lowest BCUT2D eigenvalue weighted by atomic mass is 9.79. The van der Waals surface area contributed by atoms with Crippen molar-refractivity contribution < 1.29 is 104 Å². The molecule has 0 aromatic heterocycles. The standard InChI is InChI=1S/C27H26N2O5.C25H31NO4.2C22H26N2O4.C22H23NO5/c30-27(28-10-9-18-5-7-23-25(11-18)33-16-31-23)22-13-20-3-1-2-4-21(20)15-29(22)14-19-6-8-24-26(12-19)34-17-32-24;1(5-19-7-9-22-24(12-19)29-16-27-22)3-18-4-2-6-20(11-18)14-26-15-21-8-10-23-25(13-21)30-17-28-23;1-7-19-21(27-13-25-19)9-15(1)11-23-17-3-5-18(6-4-17)24-12-16-2-8-20-22(10-16)28-14-26-20;1-2-4-18(24-12-16-6-8-20-22(10-16)28-14-26-20)17(3-1)23-11-15-5-7-19-21(9-15)27-13-25-19;24-18(6-3-15-4-7-19-21(10-15)27-13-25-19)17-2-1-9-23(17)12-16-5-8-20-22(11-16)28-14-26-20/h1-8,11-12,22H,9-10,13-17H2,(H,28,30);7-10,12-13,18,20,26H,1-6,11,14-17H2;1-2,7-10,17-18,23-24H,3-6,11-14H2;5-10,17-18,23-24H,1-4,11-14H2;4-5,7-8,10-11,17H,1-3,6,9,12-14H2/t;;;17-,18-;/m...0./s1. The van der Waals surface area contributed by atoms with Gasteiger partial charge in [-0.05, 0) is 309 Å². The molecule has 30 heteroatoms. The first-order valence-electron chi connectivity index (χ1n) is 52.9. The summed E-state index contributed by atoms with van der Waals surface area (Å²) in [7, 11) is 0. The molecule has 15 aliphatic rings. The van der Waals surface area contributed by atoms with Crippen LogP contribution in [0.1, 0.15) is 176 Å². The number of nitrogens with one attached hydrogen (secondary N) is 6. The van der Waals surface area contributed by atoms with Crippen molar-refractivity contribution in [3.63, 3.8) is 0 Å². The Bertz CT molecular complexity index is 6210. The highest BCUT2D eigenvalue weighted by Crippen LogP contribution is 2.44. The van der Waals surface area contributed by atoms with Crippen LogP contribution in [0, 0.1) is 11.8 Å². The number of aryl methyl sites for hydroxylation is 2. The van der Waals surface area contributed by atoms with Crippen LogP contribution in [0.25, 0.3) is 0 Å². The summed E-state index contributed by atoms with van der Waals surface area (Å²) in [6.45, 7) is 12.1. The lowest BCUT2D eigenvalue weighted by Crippen LogP contribution is -2.50. The van der Waals surface area contributed by atoms with Crippen molar-refractivity contribution in [2.45, 2.75) is 223 Å². The van der Waals surface area contributed by atoms with Gasteiger partial charge in [-0.3, -0.25) is 19.4 Å². The number of hydrogen-bond donors (Lipinski definition) is 6. The summed E-state index contributed by atoms with van der Waals surface area (Å²) < 4.78 is 109. The molecule has 3 aliphatic carbocycles. The minimum atomic E-state index is -0.239. The third kappa shape index (κ3) is 25.5. The molecule has 12 heterocycles. The van der Waals surface area contributed by atoms with Gasteiger partial charge in [0, 0.05) is 89.5 Å². The number of ether oxygens (including phenoxy) is 20. The van der Waals surface area contributed by atoms with Crippen LogP contribution in [0.2, 0.25) is 0 Å². The highest BCUT2D eigenvalue weighted by Gasteiger charge is 2.36. The third-order valence-electron chi connectivity index (χ3n) is 30.4. The zero-order valence-electron chi connectivity index (χ0n) is 83.8.